The highest BCUT2D eigenvalue weighted by Gasteiger charge is 2.38. The van der Waals surface area contributed by atoms with E-state index in [0.29, 0.717) is 0 Å². The van der Waals surface area contributed by atoms with Gasteiger partial charge < -0.3 is 4.74 Å². The number of methoxy groups -OCH3 is 1. The Morgan fingerprint density at radius 1 is 1.00 bits per heavy atom. The van der Waals surface area contributed by atoms with Gasteiger partial charge in [-0.3, -0.25) is 0 Å². The molecule has 0 spiro atoms. The summed E-state index contributed by atoms with van der Waals surface area (Å²) in [7, 11) is -0.129. The summed E-state index contributed by atoms with van der Waals surface area (Å²) in [6.07, 6.45) is 5.69. The first kappa shape index (κ1) is 20.3. The van der Waals surface area contributed by atoms with Crippen LogP contribution in [0.5, 0.6) is 5.75 Å². The molecule has 1 aromatic rings. The molecule has 0 amide bonds. The summed E-state index contributed by atoms with van der Waals surface area (Å²) in [4.78, 5) is 0. The molecule has 0 N–H and O–H groups in total. The molecule has 0 saturated carbocycles. The van der Waals surface area contributed by atoms with E-state index < -0.39 is 8.07 Å². The predicted octanol–water partition coefficient (Wildman–Crippen LogP) is 6.40. The van der Waals surface area contributed by atoms with Gasteiger partial charge in [0.25, 0.3) is 0 Å². The van der Waals surface area contributed by atoms with Gasteiger partial charge in [-0.2, -0.15) is 0 Å². The van der Waals surface area contributed by atoms with Crippen molar-refractivity contribution in [1.29, 1.82) is 0 Å². The smallest absolute Gasteiger partial charge is 0.122 e. The minimum Gasteiger partial charge on any atom is -0.497 e. The fraction of sp³-hybridized carbons (Fsp3) is 0.545. The van der Waals surface area contributed by atoms with Crippen LogP contribution in [0.4, 0.5) is 0 Å². The largest absolute Gasteiger partial charge is 0.497 e. The van der Waals surface area contributed by atoms with Crippen LogP contribution in [-0.4, -0.2) is 15.2 Å². The van der Waals surface area contributed by atoms with Gasteiger partial charge >= 0.3 is 0 Å². The summed E-state index contributed by atoms with van der Waals surface area (Å²) in [6, 6.07) is 4.22. The van der Waals surface area contributed by atoms with E-state index in [-0.39, 0.29) is 10.8 Å². The van der Waals surface area contributed by atoms with Crippen LogP contribution in [0.3, 0.4) is 0 Å². The van der Waals surface area contributed by atoms with Crippen LogP contribution < -0.4 is 9.92 Å². The molecule has 1 aromatic carbocycles. The quantitative estimate of drug-likeness (QED) is 0.554. The zero-order chi connectivity index (χ0) is 19.2. The van der Waals surface area contributed by atoms with Crippen molar-refractivity contribution in [3.63, 3.8) is 0 Å². The molecular formula is C22H33ClOSi. The molecule has 0 saturated heterocycles. The van der Waals surface area contributed by atoms with E-state index in [1.165, 1.54) is 16.3 Å². The van der Waals surface area contributed by atoms with Crippen LogP contribution in [0, 0.1) is 5.41 Å². The van der Waals surface area contributed by atoms with E-state index in [9.17, 15) is 0 Å². The molecule has 2 rings (SSSR count). The molecule has 0 aromatic heterocycles. The van der Waals surface area contributed by atoms with E-state index >= 15 is 0 Å². The third-order valence-electron chi connectivity index (χ3n) is 5.23. The second-order valence-corrected chi connectivity index (χ2v) is 14.5. The second kappa shape index (κ2) is 6.63. The summed E-state index contributed by atoms with van der Waals surface area (Å²) in [5, 5.41) is 3.72. The lowest BCUT2D eigenvalue weighted by Gasteiger charge is -2.34. The van der Waals surface area contributed by atoms with Crippen LogP contribution in [0.25, 0.3) is 0 Å². The van der Waals surface area contributed by atoms with Crippen molar-refractivity contribution in [2.45, 2.75) is 66.5 Å². The zero-order valence-corrected chi connectivity index (χ0v) is 19.1. The summed E-state index contributed by atoms with van der Waals surface area (Å²) in [6.45, 7) is 18.4. The average molecular weight is 377 g/mol. The molecule has 0 fully saturated rings. The van der Waals surface area contributed by atoms with Crippen molar-refractivity contribution in [3.05, 3.63) is 45.6 Å². The first-order valence-corrected chi connectivity index (χ1v) is 12.5. The monoisotopic (exact) mass is 376 g/mol. The molecule has 0 bridgehead atoms. The van der Waals surface area contributed by atoms with E-state index in [1.54, 1.807) is 12.3 Å². The summed E-state index contributed by atoms with van der Waals surface area (Å²) in [5.41, 5.74) is 2.83. The first-order valence-electron chi connectivity index (χ1n) is 9.09. The predicted molar refractivity (Wildman–Crippen MR) is 114 cm³/mol. The SMILES string of the molecule is COc1c(C(C)(C)C)cc(Cl)cc1[Si](C)(C)C1=C(C(C)(C)C)C=CC1. The molecule has 0 unspecified atom stereocenters. The number of rotatable bonds is 3. The van der Waals surface area contributed by atoms with E-state index in [4.69, 9.17) is 16.3 Å². The summed E-state index contributed by atoms with van der Waals surface area (Å²) >= 11 is 6.56. The number of halogens is 1. The molecule has 0 atom stereocenters. The lowest BCUT2D eigenvalue weighted by Crippen LogP contribution is -2.46. The molecular weight excluding hydrogens is 344 g/mol. The number of ether oxygens (including phenoxy) is 1. The number of benzene rings is 1. The van der Waals surface area contributed by atoms with Gasteiger partial charge in [0.1, 0.15) is 13.8 Å². The van der Waals surface area contributed by atoms with Crippen molar-refractivity contribution in [3.8, 4) is 5.75 Å². The highest BCUT2D eigenvalue weighted by molar-refractivity contribution is 6.96. The summed E-state index contributed by atoms with van der Waals surface area (Å²) < 4.78 is 5.96. The molecule has 0 radical (unpaired) electrons. The van der Waals surface area contributed by atoms with Gasteiger partial charge in [0, 0.05) is 10.6 Å². The van der Waals surface area contributed by atoms with Gasteiger partial charge in [-0.05, 0) is 40.1 Å². The van der Waals surface area contributed by atoms with Crippen molar-refractivity contribution in [1.82, 2.24) is 0 Å². The van der Waals surface area contributed by atoms with Gasteiger partial charge in [-0.1, -0.05) is 83.6 Å². The standard InChI is InChI=1S/C22H33ClOSi/c1-21(2,3)16-11-10-12-18(16)25(8,9)19-14-15(23)13-17(20(19)24-7)22(4,5)6/h10-11,13-14H,12H2,1-9H3. The van der Waals surface area contributed by atoms with Gasteiger partial charge in [-0.15, -0.1) is 0 Å². The van der Waals surface area contributed by atoms with Gasteiger partial charge in [0.15, 0.2) is 0 Å². The Morgan fingerprint density at radius 2 is 1.60 bits per heavy atom. The van der Waals surface area contributed by atoms with Crippen LogP contribution in [0.15, 0.2) is 35.1 Å². The number of allylic oxidation sites excluding steroid dienone is 4. The van der Waals surface area contributed by atoms with Crippen molar-refractivity contribution >= 4 is 24.9 Å². The third-order valence-corrected chi connectivity index (χ3v) is 9.15. The molecule has 1 aliphatic rings. The van der Waals surface area contributed by atoms with Gasteiger partial charge in [0.2, 0.25) is 0 Å². The highest BCUT2D eigenvalue weighted by atomic mass is 35.5. The average Bonchev–Trinajstić information content (AvgIpc) is 2.95. The molecule has 25 heavy (non-hydrogen) atoms. The molecule has 0 aliphatic heterocycles. The van der Waals surface area contributed by atoms with Crippen LogP contribution in [-0.2, 0) is 5.41 Å². The summed E-state index contributed by atoms with van der Waals surface area (Å²) in [5.74, 6) is 1.03. The number of hydrogen-bond acceptors (Lipinski definition) is 1. The first-order chi connectivity index (χ1) is 11.3. The Bertz CT molecular complexity index is 728. The minimum absolute atomic E-state index is 0.00929. The Hall–Kier alpha value is -0.993. The molecule has 138 valence electrons. The lowest BCUT2D eigenvalue weighted by atomic mass is 9.86. The Labute approximate surface area is 160 Å². The maximum atomic E-state index is 6.56. The Kier molecular flexibility index (Phi) is 5.39. The van der Waals surface area contributed by atoms with E-state index in [2.05, 4.69) is 78.9 Å². The molecule has 1 nitrogen and oxygen atoms in total. The Morgan fingerprint density at radius 3 is 2.08 bits per heavy atom. The van der Waals surface area contributed by atoms with E-state index in [1.807, 2.05) is 0 Å². The number of hydrogen-bond donors (Lipinski definition) is 0. The van der Waals surface area contributed by atoms with Crippen molar-refractivity contribution in [2.75, 3.05) is 7.11 Å². The molecule has 3 heteroatoms. The fourth-order valence-electron chi connectivity index (χ4n) is 3.80. The van der Waals surface area contributed by atoms with Crippen LogP contribution in [0.2, 0.25) is 18.1 Å². The normalized spacial score (nSPS) is 15.9. The van der Waals surface area contributed by atoms with E-state index in [0.717, 1.165) is 17.2 Å². The van der Waals surface area contributed by atoms with Gasteiger partial charge in [-0.25, -0.2) is 0 Å². The molecule has 1 aliphatic carbocycles. The van der Waals surface area contributed by atoms with Crippen molar-refractivity contribution < 1.29 is 4.74 Å². The maximum absolute atomic E-state index is 6.56. The van der Waals surface area contributed by atoms with Crippen molar-refractivity contribution in [2.24, 2.45) is 5.41 Å². The van der Waals surface area contributed by atoms with Crippen LogP contribution >= 0.6 is 11.6 Å². The maximum Gasteiger partial charge on any atom is 0.122 e. The topological polar surface area (TPSA) is 9.23 Å². The lowest BCUT2D eigenvalue weighted by molar-refractivity contribution is 0.400. The van der Waals surface area contributed by atoms with Gasteiger partial charge in [0.05, 0.1) is 7.11 Å². The highest BCUT2D eigenvalue weighted by Crippen LogP contribution is 2.41. The Balaban J connectivity index is 2.75. The third kappa shape index (κ3) is 3.90. The minimum atomic E-state index is -1.92. The second-order valence-electron chi connectivity index (χ2n) is 9.66. The zero-order valence-electron chi connectivity index (χ0n) is 17.3. The molecule has 0 heterocycles. The fourth-order valence-corrected chi connectivity index (χ4v) is 7.51. The van der Waals surface area contributed by atoms with Crippen LogP contribution in [0.1, 0.15) is 53.5 Å².